The van der Waals surface area contributed by atoms with E-state index in [2.05, 4.69) is 5.32 Å². The quantitative estimate of drug-likeness (QED) is 0.836. The molecule has 1 aliphatic rings. The Labute approximate surface area is 117 Å². The van der Waals surface area contributed by atoms with Crippen molar-refractivity contribution in [1.29, 1.82) is 0 Å². The molecule has 0 aromatic carbocycles. The van der Waals surface area contributed by atoms with Crippen LogP contribution in [0.5, 0.6) is 0 Å². The average Bonchev–Trinajstić information content (AvgIpc) is 2.94. The molecule has 6 nitrogen and oxygen atoms in total. The molecule has 2 heterocycles. The molecule has 1 N–H and O–H groups in total. The Hall–Kier alpha value is -0.960. The van der Waals surface area contributed by atoms with Crippen LogP contribution in [0.2, 0.25) is 0 Å². The summed E-state index contributed by atoms with van der Waals surface area (Å²) in [5.74, 6) is -0.149. The molecular formula is C11H17N3O3S2. The zero-order valence-corrected chi connectivity index (χ0v) is 12.3. The van der Waals surface area contributed by atoms with Crippen molar-refractivity contribution in [2.24, 2.45) is 0 Å². The van der Waals surface area contributed by atoms with E-state index in [0.29, 0.717) is 13.1 Å². The first-order valence-electron chi connectivity index (χ1n) is 6.00. The number of likely N-dealkylation sites (N-methyl/N-ethyl adjacent to an activating group) is 1. The fourth-order valence-corrected chi connectivity index (χ4v) is 4.17. The molecule has 1 aromatic rings. The van der Waals surface area contributed by atoms with Crippen molar-refractivity contribution >= 4 is 27.3 Å². The summed E-state index contributed by atoms with van der Waals surface area (Å²) in [6, 6.07) is 3.23. The molecule has 1 amide bonds. The number of nitrogens with one attached hydrogen (secondary N) is 1. The zero-order valence-electron chi connectivity index (χ0n) is 10.7. The van der Waals surface area contributed by atoms with Gasteiger partial charge in [-0.1, -0.05) is 6.07 Å². The first kappa shape index (κ1) is 14.4. The fourth-order valence-electron chi connectivity index (χ4n) is 1.85. The van der Waals surface area contributed by atoms with Crippen LogP contribution in [-0.4, -0.2) is 63.3 Å². The van der Waals surface area contributed by atoms with Gasteiger partial charge in [0.15, 0.2) is 0 Å². The Morgan fingerprint density at radius 1 is 1.47 bits per heavy atom. The number of carbonyl (C=O) groups excluding carboxylic acids is 1. The number of carbonyl (C=O) groups is 1. The Balaban J connectivity index is 2.00. The number of rotatable bonds is 4. The predicted molar refractivity (Wildman–Crippen MR) is 73.6 cm³/mol. The molecule has 19 heavy (non-hydrogen) atoms. The molecule has 0 radical (unpaired) electrons. The van der Waals surface area contributed by atoms with Gasteiger partial charge in [0.2, 0.25) is 5.91 Å². The minimum Gasteiger partial charge on any atom is -0.339 e. The Bertz CT molecular complexity index is 521. The van der Waals surface area contributed by atoms with E-state index in [1.807, 2.05) is 0 Å². The number of thiophene rings is 1. The van der Waals surface area contributed by atoms with Crippen LogP contribution in [0.15, 0.2) is 21.7 Å². The van der Waals surface area contributed by atoms with Gasteiger partial charge in [0.05, 0.1) is 6.54 Å². The molecule has 0 spiro atoms. The summed E-state index contributed by atoms with van der Waals surface area (Å²) in [5.41, 5.74) is 0. The van der Waals surface area contributed by atoms with E-state index in [1.54, 1.807) is 22.4 Å². The van der Waals surface area contributed by atoms with Gasteiger partial charge in [0.1, 0.15) is 4.21 Å². The normalized spacial score (nSPS) is 16.8. The second-order valence-electron chi connectivity index (χ2n) is 4.32. The lowest BCUT2D eigenvalue weighted by Crippen LogP contribution is -2.49. The third kappa shape index (κ3) is 3.33. The second kappa shape index (κ2) is 6.00. The molecule has 1 aromatic heterocycles. The van der Waals surface area contributed by atoms with Crippen molar-refractivity contribution in [1.82, 2.24) is 14.5 Å². The number of hydrogen-bond acceptors (Lipinski definition) is 5. The average molecular weight is 303 g/mol. The largest absolute Gasteiger partial charge is 0.339 e. The number of hydrogen-bond donors (Lipinski definition) is 1. The van der Waals surface area contributed by atoms with Crippen LogP contribution < -0.4 is 5.32 Å². The Kier molecular flexibility index (Phi) is 4.56. The second-order valence-corrected chi connectivity index (χ2v) is 7.54. The number of sulfonamides is 1. The van der Waals surface area contributed by atoms with Gasteiger partial charge in [-0.15, -0.1) is 11.3 Å². The van der Waals surface area contributed by atoms with Crippen molar-refractivity contribution in [2.45, 2.75) is 4.21 Å². The smallest absolute Gasteiger partial charge is 0.252 e. The lowest BCUT2D eigenvalue weighted by molar-refractivity contribution is -0.131. The summed E-state index contributed by atoms with van der Waals surface area (Å²) < 4.78 is 25.7. The van der Waals surface area contributed by atoms with Gasteiger partial charge in [-0.2, -0.15) is 4.31 Å². The van der Waals surface area contributed by atoms with Gasteiger partial charge >= 0.3 is 0 Å². The monoisotopic (exact) mass is 303 g/mol. The topological polar surface area (TPSA) is 69.7 Å². The number of piperazine rings is 1. The highest BCUT2D eigenvalue weighted by Gasteiger charge is 2.26. The zero-order chi connectivity index (χ0) is 13.9. The van der Waals surface area contributed by atoms with Crippen LogP contribution in [0, 0.1) is 0 Å². The van der Waals surface area contributed by atoms with E-state index in [-0.39, 0.29) is 16.7 Å². The van der Waals surface area contributed by atoms with Gasteiger partial charge in [-0.25, -0.2) is 8.42 Å². The maximum atomic E-state index is 12.2. The van der Waals surface area contributed by atoms with Crippen LogP contribution in [0.1, 0.15) is 0 Å². The molecule has 0 atom stereocenters. The minimum absolute atomic E-state index is 0.111. The van der Waals surface area contributed by atoms with Crippen LogP contribution >= 0.6 is 11.3 Å². The molecule has 2 rings (SSSR count). The lowest BCUT2D eigenvalue weighted by atomic mass is 10.3. The van der Waals surface area contributed by atoms with E-state index in [9.17, 15) is 13.2 Å². The van der Waals surface area contributed by atoms with Crippen LogP contribution in [-0.2, 0) is 14.8 Å². The van der Waals surface area contributed by atoms with Gasteiger partial charge in [0, 0.05) is 33.2 Å². The van der Waals surface area contributed by atoms with E-state index >= 15 is 0 Å². The van der Waals surface area contributed by atoms with E-state index in [0.717, 1.165) is 28.7 Å². The molecule has 8 heteroatoms. The van der Waals surface area contributed by atoms with Crippen molar-refractivity contribution in [3.05, 3.63) is 17.5 Å². The molecule has 1 aliphatic heterocycles. The van der Waals surface area contributed by atoms with E-state index in [4.69, 9.17) is 0 Å². The van der Waals surface area contributed by atoms with Gasteiger partial charge < -0.3 is 10.2 Å². The van der Waals surface area contributed by atoms with Crippen LogP contribution in [0.4, 0.5) is 0 Å². The Morgan fingerprint density at radius 2 is 2.16 bits per heavy atom. The van der Waals surface area contributed by atoms with E-state index in [1.165, 1.54) is 7.05 Å². The van der Waals surface area contributed by atoms with Crippen molar-refractivity contribution in [2.75, 3.05) is 39.8 Å². The molecule has 0 aliphatic carbocycles. The number of nitrogens with zero attached hydrogens (tertiary/aromatic N) is 2. The first-order valence-corrected chi connectivity index (χ1v) is 8.32. The third-order valence-electron chi connectivity index (χ3n) is 2.99. The van der Waals surface area contributed by atoms with Crippen LogP contribution in [0.25, 0.3) is 0 Å². The van der Waals surface area contributed by atoms with Gasteiger partial charge in [0.25, 0.3) is 10.0 Å². The molecule has 1 fully saturated rings. The van der Waals surface area contributed by atoms with Crippen molar-refractivity contribution in [3.63, 3.8) is 0 Å². The molecule has 0 bridgehead atoms. The van der Waals surface area contributed by atoms with Gasteiger partial charge in [-0.3, -0.25) is 4.79 Å². The third-order valence-corrected chi connectivity index (χ3v) is 6.16. The summed E-state index contributed by atoms with van der Waals surface area (Å²) in [6.45, 7) is 2.66. The highest BCUT2D eigenvalue weighted by atomic mass is 32.2. The number of amides is 1. The molecule has 0 unspecified atom stereocenters. The molecule has 1 saturated heterocycles. The predicted octanol–water partition coefficient (Wildman–Crippen LogP) is -0.200. The lowest BCUT2D eigenvalue weighted by Gasteiger charge is -2.28. The standard InChI is InChI=1S/C11H17N3O3S2/c1-13(19(16,17)11-3-2-8-18-11)9-10(15)14-6-4-12-5-7-14/h2-3,8,12H,4-7,9H2,1H3. The summed E-state index contributed by atoms with van der Waals surface area (Å²) >= 11 is 1.16. The Morgan fingerprint density at radius 3 is 2.74 bits per heavy atom. The van der Waals surface area contributed by atoms with Crippen molar-refractivity contribution in [3.8, 4) is 0 Å². The summed E-state index contributed by atoms with van der Waals surface area (Å²) in [6.07, 6.45) is 0. The SMILES string of the molecule is CN(CC(=O)N1CCNCC1)S(=O)(=O)c1cccs1. The maximum absolute atomic E-state index is 12.2. The summed E-state index contributed by atoms with van der Waals surface area (Å²) in [4.78, 5) is 13.7. The first-order chi connectivity index (χ1) is 9.01. The van der Waals surface area contributed by atoms with Crippen molar-refractivity contribution < 1.29 is 13.2 Å². The van der Waals surface area contributed by atoms with Gasteiger partial charge in [-0.05, 0) is 11.4 Å². The fraction of sp³-hybridized carbons (Fsp3) is 0.545. The van der Waals surface area contributed by atoms with Crippen LogP contribution in [0.3, 0.4) is 0 Å². The van der Waals surface area contributed by atoms with E-state index < -0.39 is 10.0 Å². The molecule has 106 valence electrons. The summed E-state index contributed by atoms with van der Waals surface area (Å²) in [7, 11) is -2.10. The maximum Gasteiger partial charge on any atom is 0.252 e. The highest BCUT2D eigenvalue weighted by Crippen LogP contribution is 2.19. The molecule has 0 saturated carbocycles. The minimum atomic E-state index is -3.54. The molecular weight excluding hydrogens is 286 g/mol. The highest BCUT2D eigenvalue weighted by molar-refractivity contribution is 7.91. The summed E-state index contributed by atoms with van der Waals surface area (Å²) in [5, 5.41) is 4.86.